The lowest BCUT2D eigenvalue weighted by atomic mass is 10.1. The van der Waals surface area contributed by atoms with Gasteiger partial charge in [-0.1, -0.05) is 43.0 Å². The summed E-state index contributed by atoms with van der Waals surface area (Å²) in [7, 11) is 0. The SMILES string of the molecule is CCc1cc2ccccc2nc1SCC(=O)c1cccs1. The van der Waals surface area contributed by atoms with Crippen molar-refractivity contribution in [1.82, 2.24) is 4.98 Å². The molecule has 0 aliphatic heterocycles. The maximum Gasteiger partial charge on any atom is 0.183 e. The lowest BCUT2D eigenvalue weighted by Gasteiger charge is -2.08. The minimum Gasteiger partial charge on any atom is -0.292 e. The molecule has 1 aromatic carbocycles. The van der Waals surface area contributed by atoms with Gasteiger partial charge in [0, 0.05) is 5.39 Å². The quantitative estimate of drug-likeness (QED) is 0.499. The topological polar surface area (TPSA) is 30.0 Å². The first-order valence-electron chi connectivity index (χ1n) is 6.86. The highest BCUT2D eigenvalue weighted by Crippen LogP contribution is 2.26. The van der Waals surface area contributed by atoms with Crippen LogP contribution < -0.4 is 0 Å². The molecule has 0 unspecified atom stereocenters. The first-order chi connectivity index (χ1) is 10.3. The van der Waals surface area contributed by atoms with E-state index in [0.717, 1.165) is 27.2 Å². The number of rotatable bonds is 5. The summed E-state index contributed by atoms with van der Waals surface area (Å²) in [5, 5.41) is 4.06. The fraction of sp³-hybridized carbons (Fsp3) is 0.176. The van der Waals surface area contributed by atoms with Gasteiger partial charge in [0.15, 0.2) is 5.78 Å². The number of ketones is 1. The second-order valence-corrected chi connectivity index (χ2v) is 6.60. The molecule has 2 heterocycles. The van der Waals surface area contributed by atoms with Gasteiger partial charge in [0.25, 0.3) is 0 Å². The van der Waals surface area contributed by atoms with Crippen LogP contribution in [0.3, 0.4) is 0 Å². The van der Waals surface area contributed by atoms with E-state index < -0.39 is 0 Å². The number of hydrogen-bond donors (Lipinski definition) is 0. The van der Waals surface area contributed by atoms with E-state index in [1.165, 1.54) is 28.7 Å². The predicted molar refractivity (Wildman–Crippen MR) is 90.5 cm³/mol. The Labute approximate surface area is 132 Å². The Kier molecular flexibility index (Phi) is 4.36. The first-order valence-corrected chi connectivity index (χ1v) is 8.72. The van der Waals surface area contributed by atoms with E-state index >= 15 is 0 Å². The lowest BCUT2D eigenvalue weighted by molar-refractivity contribution is 0.102. The first kappa shape index (κ1) is 14.3. The van der Waals surface area contributed by atoms with Crippen LogP contribution in [-0.2, 0) is 6.42 Å². The van der Waals surface area contributed by atoms with Crippen molar-refractivity contribution in [1.29, 1.82) is 0 Å². The molecule has 0 radical (unpaired) electrons. The molecule has 0 aliphatic carbocycles. The normalized spacial score (nSPS) is 10.9. The van der Waals surface area contributed by atoms with Crippen LogP contribution in [0.4, 0.5) is 0 Å². The van der Waals surface area contributed by atoms with Crippen LogP contribution in [-0.4, -0.2) is 16.5 Å². The molecule has 3 aromatic rings. The van der Waals surface area contributed by atoms with Gasteiger partial charge in [-0.05, 0) is 35.6 Å². The average molecular weight is 313 g/mol. The second-order valence-electron chi connectivity index (χ2n) is 4.69. The zero-order chi connectivity index (χ0) is 14.7. The minimum absolute atomic E-state index is 0.173. The van der Waals surface area contributed by atoms with Crippen LogP contribution >= 0.6 is 23.1 Å². The third kappa shape index (κ3) is 3.17. The highest BCUT2D eigenvalue weighted by Gasteiger charge is 2.11. The summed E-state index contributed by atoms with van der Waals surface area (Å²) >= 11 is 3.03. The van der Waals surface area contributed by atoms with Crippen molar-refractivity contribution >= 4 is 39.8 Å². The number of thioether (sulfide) groups is 1. The average Bonchev–Trinajstić information content (AvgIpc) is 3.06. The van der Waals surface area contributed by atoms with Crippen LogP contribution in [0.25, 0.3) is 10.9 Å². The largest absolute Gasteiger partial charge is 0.292 e. The van der Waals surface area contributed by atoms with Gasteiger partial charge >= 0.3 is 0 Å². The Bertz CT molecular complexity index is 766. The van der Waals surface area contributed by atoms with Crippen molar-refractivity contribution in [2.75, 3.05) is 5.75 Å². The van der Waals surface area contributed by atoms with Crippen LogP contribution in [0, 0.1) is 0 Å². The van der Waals surface area contributed by atoms with E-state index in [4.69, 9.17) is 4.98 Å². The van der Waals surface area contributed by atoms with Crippen LogP contribution in [0.1, 0.15) is 22.2 Å². The zero-order valence-corrected chi connectivity index (χ0v) is 13.3. The van der Waals surface area contributed by atoms with Gasteiger partial charge in [0.05, 0.1) is 16.1 Å². The van der Waals surface area contributed by atoms with Crippen molar-refractivity contribution in [3.8, 4) is 0 Å². The molecule has 0 N–H and O–H groups in total. The minimum atomic E-state index is 0.173. The number of carbonyl (C=O) groups is 1. The van der Waals surface area contributed by atoms with Gasteiger partial charge in [0.2, 0.25) is 0 Å². The molecule has 2 aromatic heterocycles. The number of carbonyl (C=O) groups excluding carboxylic acids is 1. The zero-order valence-electron chi connectivity index (χ0n) is 11.7. The van der Waals surface area contributed by atoms with Crippen molar-refractivity contribution in [3.05, 3.63) is 58.3 Å². The molecule has 4 heteroatoms. The van der Waals surface area contributed by atoms with Crippen molar-refractivity contribution in [2.24, 2.45) is 0 Å². The third-order valence-corrected chi connectivity index (χ3v) is 5.22. The van der Waals surface area contributed by atoms with E-state index in [-0.39, 0.29) is 5.78 Å². The maximum atomic E-state index is 12.1. The van der Waals surface area contributed by atoms with E-state index in [1.807, 2.05) is 35.7 Å². The summed E-state index contributed by atoms with van der Waals surface area (Å²) in [6.07, 6.45) is 0.924. The number of pyridine rings is 1. The number of Topliss-reactive ketones (excluding diaryl/α,β-unsaturated/α-hetero) is 1. The van der Waals surface area contributed by atoms with Gasteiger partial charge in [-0.2, -0.15) is 0 Å². The summed E-state index contributed by atoms with van der Waals surface area (Å²) in [6, 6.07) is 14.1. The van der Waals surface area contributed by atoms with E-state index in [1.54, 1.807) is 0 Å². The molecule has 0 fully saturated rings. The highest BCUT2D eigenvalue weighted by atomic mass is 32.2. The molecule has 0 saturated heterocycles. The smallest absolute Gasteiger partial charge is 0.183 e. The van der Waals surface area contributed by atoms with E-state index in [2.05, 4.69) is 19.1 Å². The van der Waals surface area contributed by atoms with Crippen molar-refractivity contribution < 1.29 is 4.79 Å². The standard InChI is InChI=1S/C17H15NOS2/c1-2-12-10-13-6-3-4-7-14(13)18-17(12)21-11-15(19)16-8-5-9-20-16/h3-10H,2,11H2,1H3. The Hall–Kier alpha value is -1.65. The fourth-order valence-electron chi connectivity index (χ4n) is 2.16. The van der Waals surface area contributed by atoms with Crippen molar-refractivity contribution in [2.45, 2.75) is 18.4 Å². The van der Waals surface area contributed by atoms with Crippen LogP contribution in [0.5, 0.6) is 0 Å². The van der Waals surface area contributed by atoms with Crippen LogP contribution in [0.15, 0.2) is 52.9 Å². The number of aromatic nitrogens is 1. The number of fused-ring (bicyclic) bond motifs is 1. The molecule has 0 saturated carbocycles. The summed E-state index contributed by atoms with van der Waals surface area (Å²) in [6.45, 7) is 2.12. The maximum absolute atomic E-state index is 12.1. The number of benzene rings is 1. The Balaban J connectivity index is 1.84. The molecule has 106 valence electrons. The number of thiophene rings is 1. The molecule has 3 rings (SSSR count). The number of para-hydroxylation sites is 1. The Morgan fingerprint density at radius 3 is 2.86 bits per heavy atom. The molecule has 0 bridgehead atoms. The molecule has 0 amide bonds. The van der Waals surface area contributed by atoms with Gasteiger partial charge in [-0.15, -0.1) is 11.3 Å². The predicted octanol–water partition coefficient (Wildman–Crippen LogP) is 4.83. The Morgan fingerprint density at radius 1 is 1.24 bits per heavy atom. The van der Waals surface area contributed by atoms with Crippen LogP contribution in [0.2, 0.25) is 0 Å². The summed E-state index contributed by atoms with van der Waals surface area (Å²) in [4.78, 5) is 17.6. The molecule has 21 heavy (non-hydrogen) atoms. The van der Waals surface area contributed by atoms with E-state index in [0.29, 0.717) is 5.75 Å². The number of hydrogen-bond acceptors (Lipinski definition) is 4. The number of nitrogens with zero attached hydrogens (tertiary/aromatic N) is 1. The van der Waals surface area contributed by atoms with Gasteiger partial charge in [-0.25, -0.2) is 4.98 Å². The fourth-order valence-corrected chi connectivity index (χ4v) is 3.89. The van der Waals surface area contributed by atoms with Gasteiger partial charge in [-0.3, -0.25) is 4.79 Å². The Morgan fingerprint density at radius 2 is 2.10 bits per heavy atom. The van der Waals surface area contributed by atoms with Crippen molar-refractivity contribution in [3.63, 3.8) is 0 Å². The second kappa shape index (κ2) is 6.41. The van der Waals surface area contributed by atoms with Gasteiger partial charge in [0.1, 0.15) is 5.03 Å². The molecule has 2 nitrogen and oxygen atoms in total. The summed E-state index contributed by atoms with van der Waals surface area (Å²) in [5.74, 6) is 0.616. The summed E-state index contributed by atoms with van der Waals surface area (Å²) < 4.78 is 0. The highest BCUT2D eigenvalue weighted by molar-refractivity contribution is 8.00. The lowest BCUT2D eigenvalue weighted by Crippen LogP contribution is -2.01. The monoisotopic (exact) mass is 313 g/mol. The molecule has 0 aliphatic rings. The molecule has 0 atom stereocenters. The molecule has 0 spiro atoms. The third-order valence-electron chi connectivity index (χ3n) is 3.28. The molecular formula is C17H15NOS2. The number of aryl methyl sites for hydroxylation is 1. The van der Waals surface area contributed by atoms with Gasteiger partial charge < -0.3 is 0 Å². The summed E-state index contributed by atoms with van der Waals surface area (Å²) in [5.41, 5.74) is 2.19. The van der Waals surface area contributed by atoms with E-state index in [9.17, 15) is 4.79 Å². The molecular weight excluding hydrogens is 298 g/mol.